The fourth-order valence-electron chi connectivity index (χ4n) is 2.29. The zero-order valence-corrected chi connectivity index (χ0v) is 15.1. The van der Waals surface area contributed by atoms with Crippen molar-refractivity contribution >= 4 is 23.6 Å². The Morgan fingerprint density at radius 3 is 2.42 bits per heavy atom. The first-order chi connectivity index (χ1) is 12.5. The molecule has 0 heterocycles. The maximum absolute atomic E-state index is 11.8. The number of rotatable bonds is 6. The fraction of sp³-hybridized carbons (Fsp3) is 0.200. The Labute approximate surface area is 153 Å². The van der Waals surface area contributed by atoms with Gasteiger partial charge in [-0.25, -0.2) is 0 Å². The van der Waals surface area contributed by atoms with Crippen molar-refractivity contribution in [2.45, 2.75) is 13.8 Å². The monoisotopic (exact) mass is 353 g/mol. The van der Waals surface area contributed by atoms with E-state index in [1.54, 1.807) is 25.3 Å². The third kappa shape index (κ3) is 5.98. The van der Waals surface area contributed by atoms with Crippen molar-refractivity contribution in [2.75, 3.05) is 19.0 Å². The lowest BCUT2D eigenvalue weighted by Gasteiger charge is -2.10. The minimum atomic E-state index is -0.416. The summed E-state index contributed by atoms with van der Waals surface area (Å²) >= 11 is 0. The zero-order valence-electron chi connectivity index (χ0n) is 15.1. The van der Waals surface area contributed by atoms with Crippen molar-refractivity contribution in [1.82, 2.24) is 10.9 Å². The molecule has 0 unspecified atom stereocenters. The van der Waals surface area contributed by atoms with Crippen molar-refractivity contribution in [3.63, 3.8) is 0 Å². The summed E-state index contributed by atoms with van der Waals surface area (Å²) in [6.07, 6.45) is 2.99. The Hall–Kier alpha value is -3.28. The van der Waals surface area contributed by atoms with E-state index in [0.717, 1.165) is 28.1 Å². The minimum absolute atomic E-state index is 0.0619. The molecule has 136 valence electrons. The number of nitrogens with one attached hydrogen (secondary N) is 3. The van der Waals surface area contributed by atoms with Crippen LogP contribution in [0.25, 0.3) is 6.08 Å². The van der Waals surface area contributed by atoms with Gasteiger partial charge in [-0.15, -0.1) is 0 Å². The number of anilines is 1. The highest BCUT2D eigenvalue weighted by Gasteiger charge is 2.04. The van der Waals surface area contributed by atoms with Gasteiger partial charge in [-0.1, -0.05) is 29.8 Å². The highest BCUT2D eigenvalue weighted by Crippen LogP contribution is 2.15. The van der Waals surface area contributed by atoms with Crippen molar-refractivity contribution in [1.29, 1.82) is 0 Å². The molecular weight excluding hydrogens is 330 g/mol. The molecule has 0 bridgehead atoms. The molecule has 26 heavy (non-hydrogen) atoms. The van der Waals surface area contributed by atoms with Crippen molar-refractivity contribution < 1.29 is 14.3 Å². The molecule has 0 aromatic heterocycles. The highest BCUT2D eigenvalue weighted by atomic mass is 16.5. The summed E-state index contributed by atoms with van der Waals surface area (Å²) in [6.45, 7) is 4.05. The number of ether oxygens (including phenoxy) is 1. The van der Waals surface area contributed by atoms with E-state index in [1.807, 2.05) is 44.2 Å². The van der Waals surface area contributed by atoms with Gasteiger partial charge in [-0.3, -0.25) is 20.4 Å². The molecule has 0 aliphatic rings. The minimum Gasteiger partial charge on any atom is -0.497 e. The lowest BCUT2D eigenvalue weighted by Crippen LogP contribution is -2.43. The third-order valence-corrected chi connectivity index (χ3v) is 3.69. The summed E-state index contributed by atoms with van der Waals surface area (Å²) in [5, 5.41) is 3.04. The topological polar surface area (TPSA) is 79.5 Å². The molecule has 2 rings (SSSR count). The van der Waals surface area contributed by atoms with Crippen LogP contribution in [0.3, 0.4) is 0 Å². The largest absolute Gasteiger partial charge is 0.497 e. The van der Waals surface area contributed by atoms with Crippen LogP contribution in [0, 0.1) is 13.8 Å². The first-order valence-corrected chi connectivity index (χ1v) is 8.20. The van der Waals surface area contributed by atoms with Crippen LogP contribution < -0.4 is 20.9 Å². The van der Waals surface area contributed by atoms with Gasteiger partial charge < -0.3 is 10.1 Å². The van der Waals surface area contributed by atoms with Gasteiger partial charge in [-0.2, -0.15) is 0 Å². The molecule has 0 saturated heterocycles. The molecule has 2 aromatic rings. The van der Waals surface area contributed by atoms with Gasteiger partial charge in [0, 0.05) is 11.8 Å². The van der Waals surface area contributed by atoms with Gasteiger partial charge in [0.1, 0.15) is 5.75 Å². The van der Waals surface area contributed by atoms with Crippen LogP contribution in [0.4, 0.5) is 5.69 Å². The first-order valence-electron chi connectivity index (χ1n) is 8.20. The van der Waals surface area contributed by atoms with Crippen LogP contribution in [0.15, 0.2) is 48.5 Å². The second-order valence-corrected chi connectivity index (χ2v) is 5.82. The van der Waals surface area contributed by atoms with Crippen LogP contribution in [0.5, 0.6) is 5.75 Å². The lowest BCUT2D eigenvalue weighted by molar-refractivity contribution is -0.125. The molecular formula is C20H23N3O3. The molecule has 0 aliphatic heterocycles. The van der Waals surface area contributed by atoms with Crippen molar-refractivity contribution in [3.8, 4) is 5.75 Å². The third-order valence-electron chi connectivity index (χ3n) is 3.69. The van der Waals surface area contributed by atoms with Gasteiger partial charge in [0.15, 0.2) is 0 Å². The maximum atomic E-state index is 11.8. The molecule has 0 spiro atoms. The quantitative estimate of drug-likeness (QED) is 0.551. The summed E-state index contributed by atoms with van der Waals surface area (Å²) < 4.78 is 5.07. The number of methoxy groups -OCH3 is 1. The molecule has 6 nitrogen and oxygen atoms in total. The summed E-state index contributed by atoms with van der Waals surface area (Å²) in [7, 11) is 1.59. The van der Waals surface area contributed by atoms with Gasteiger partial charge >= 0.3 is 0 Å². The van der Waals surface area contributed by atoms with E-state index >= 15 is 0 Å². The summed E-state index contributed by atoms with van der Waals surface area (Å²) in [6, 6.07) is 13.2. The first kappa shape index (κ1) is 19.1. The SMILES string of the molecule is COc1ccc(/C=C/C(=O)NNC(=O)CNc2ccc(C)cc2C)cc1. The Morgan fingerprint density at radius 2 is 1.77 bits per heavy atom. The van der Waals surface area contributed by atoms with E-state index in [-0.39, 0.29) is 12.5 Å². The Bertz CT molecular complexity index is 798. The van der Waals surface area contributed by atoms with Crippen molar-refractivity contribution in [2.24, 2.45) is 0 Å². The number of hydrazine groups is 1. The second-order valence-electron chi connectivity index (χ2n) is 5.82. The number of benzene rings is 2. The molecule has 0 radical (unpaired) electrons. The lowest BCUT2D eigenvalue weighted by atomic mass is 10.1. The normalized spacial score (nSPS) is 10.4. The van der Waals surface area contributed by atoms with E-state index in [2.05, 4.69) is 16.2 Å². The van der Waals surface area contributed by atoms with Crippen LogP contribution in [0.1, 0.15) is 16.7 Å². The predicted molar refractivity (Wildman–Crippen MR) is 103 cm³/mol. The van der Waals surface area contributed by atoms with Crippen LogP contribution in [0.2, 0.25) is 0 Å². The average Bonchev–Trinajstić information content (AvgIpc) is 2.64. The molecule has 3 N–H and O–H groups in total. The Balaban J connectivity index is 1.75. The average molecular weight is 353 g/mol. The number of hydrogen-bond acceptors (Lipinski definition) is 4. The molecule has 0 atom stereocenters. The van der Waals surface area contributed by atoms with E-state index in [1.165, 1.54) is 6.08 Å². The van der Waals surface area contributed by atoms with Gasteiger partial charge in [-0.05, 0) is 49.2 Å². The number of hydrogen-bond donors (Lipinski definition) is 3. The summed E-state index contributed by atoms with van der Waals surface area (Å²) in [5.41, 5.74) is 8.67. The Morgan fingerprint density at radius 1 is 1.04 bits per heavy atom. The van der Waals surface area contributed by atoms with Gasteiger partial charge in [0.05, 0.1) is 13.7 Å². The predicted octanol–water partition coefficient (Wildman–Crippen LogP) is 2.58. The summed E-state index contributed by atoms with van der Waals surface area (Å²) in [5.74, 6) is -0.00737. The second kappa shape index (κ2) is 9.27. The van der Waals surface area contributed by atoms with E-state index in [4.69, 9.17) is 4.74 Å². The van der Waals surface area contributed by atoms with E-state index in [0.29, 0.717) is 0 Å². The van der Waals surface area contributed by atoms with Crippen LogP contribution >= 0.6 is 0 Å². The highest BCUT2D eigenvalue weighted by molar-refractivity contribution is 5.93. The van der Waals surface area contributed by atoms with Gasteiger partial charge in [0.2, 0.25) is 0 Å². The molecule has 6 heteroatoms. The molecule has 0 fully saturated rings. The standard InChI is InChI=1S/C20H23N3O3/c1-14-4-10-18(15(2)12-14)21-13-20(25)23-22-19(24)11-7-16-5-8-17(26-3)9-6-16/h4-12,21H,13H2,1-3H3,(H,22,24)(H,23,25)/b11-7+. The number of carbonyl (C=O) groups is 2. The van der Waals surface area contributed by atoms with E-state index in [9.17, 15) is 9.59 Å². The smallest absolute Gasteiger partial charge is 0.262 e. The number of carbonyl (C=O) groups excluding carboxylic acids is 2. The molecule has 0 saturated carbocycles. The maximum Gasteiger partial charge on any atom is 0.262 e. The van der Waals surface area contributed by atoms with Crippen LogP contribution in [-0.2, 0) is 9.59 Å². The molecule has 2 amide bonds. The fourth-order valence-corrected chi connectivity index (χ4v) is 2.29. The van der Waals surface area contributed by atoms with Crippen molar-refractivity contribution in [3.05, 3.63) is 65.2 Å². The molecule has 0 aliphatic carbocycles. The number of amides is 2. The number of aryl methyl sites for hydroxylation is 2. The van der Waals surface area contributed by atoms with E-state index < -0.39 is 5.91 Å². The van der Waals surface area contributed by atoms with Gasteiger partial charge in [0.25, 0.3) is 11.8 Å². The summed E-state index contributed by atoms with van der Waals surface area (Å²) in [4.78, 5) is 23.6. The Kier molecular flexibility index (Phi) is 6.79. The zero-order chi connectivity index (χ0) is 18.9. The van der Waals surface area contributed by atoms with Crippen LogP contribution in [-0.4, -0.2) is 25.5 Å². The molecule has 2 aromatic carbocycles.